The molecule has 176 valence electrons. The second kappa shape index (κ2) is 10.3. The maximum Gasteiger partial charge on any atom is 0.232 e. The summed E-state index contributed by atoms with van der Waals surface area (Å²) in [6, 6.07) is 16.5. The molecule has 1 amide bonds. The van der Waals surface area contributed by atoms with E-state index in [0.29, 0.717) is 5.13 Å². The van der Waals surface area contributed by atoms with Crippen molar-refractivity contribution in [3.8, 4) is 21.8 Å². The van der Waals surface area contributed by atoms with Gasteiger partial charge < -0.3 is 9.88 Å². The Morgan fingerprint density at radius 2 is 1.89 bits per heavy atom. The van der Waals surface area contributed by atoms with Crippen molar-refractivity contribution in [3.63, 3.8) is 0 Å². The molecule has 0 spiro atoms. The van der Waals surface area contributed by atoms with Crippen molar-refractivity contribution in [1.82, 2.24) is 19.5 Å². The number of hydrogen-bond donors (Lipinski definition) is 1. The van der Waals surface area contributed by atoms with Gasteiger partial charge in [-0.2, -0.15) is 0 Å². The van der Waals surface area contributed by atoms with Crippen LogP contribution in [0.2, 0.25) is 0 Å². The molecule has 0 bridgehead atoms. The molecule has 0 aliphatic carbocycles. The van der Waals surface area contributed by atoms with Gasteiger partial charge in [0.2, 0.25) is 5.91 Å². The number of aryl methyl sites for hydroxylation is 2. The van der Waals surface area contributed by atoms with E-state index in [9.17, 15) is 4.79 Å². The van der Waals surface area contributed by atoms with Crippen LogP contribution in [0.4, 0.5) is 5.13 Å². The molecule has 35 heavy (non-hydrogen) atoms. The van der Waals surface area contributed by atoms with Crippen molar-refractivity contribution in [2.75, 3.05) is 5.32 Å². The van der Waals surface area contributed by atoms with Gasteiger partial charge in [0.15, 0.2) is 5.13 Å². The van der Waals surface area contributed by atoms with Gasteiger partial charge in [0.05, 0.1) is 17.8 Å². The van der Waals surface area contributed by atoms with Crippen LogP contribution in [0, 0.1) is 13.8 Å². The maximum atomic E-state index is 12.6. The Bertz CT molecular complexity index is 1440. The molecule has 5 aromatic rings. The number of rotatable bonds is 8. The quantitative estimate of drug-likeness (QED) is 0.277. The number of thiazole rings is 2. The van der Waals surface area contributed by atoms with Gasteiger partial charge in [0.25, 0.3) is 0 Å². The highest BCUT2D eigenvalue weighted by atomic mass is 32.1. The molecule has 0 fully saturated rings. The molecular formula is C27H25N5OS2. The number of carbonyl (C=O) groups is 1. The van der Waals surface area contributed by atoms with Gasteiger partial charge >= 0.3 is 0 Å². The SMILES string of the molecule is Cc1cc(-c2csc(NC(=O)Cc3csc(-c4cccnc4)n3)n2)c(C)n1CCc1ccccc1. The normalized spacial score (nSPS) is 11.0. The summed E-state index contributed by atoms with van der Waals surface area (Å²) in [6.45, 7) is 5.18. The van der Waals surface area contributed by atoms with Crippen LogP contribution in [0.5, 0.6) is 0 Å². The van der Waals surface area contributed by atoms with Crippen LogP contribution in [-0.4, -0.2) is 25.4 Å². The molecule has 5 rings (SSSR count). The third-order valence-electron chi connectivity index (χ3n) is 5.87. The molecule has 0 saturated heterocycles. The lowest BCUT2D eigenvalue weighted by Crippen LogP contribution is -2.14. The number of amides is 1. The Morgan fingerprint density at radius 3 is 2.69 bits per heavy atom. The fourth-order valence-corrected chi connectivity index (χ4v) is 5.62. The second-order valence-corrected chi connectivity index (χ2v) is 10.0. The van der Waals surface area contributed by atoms with Crippen molar-refractivity contribution in [2.24, 2.45) is 0 Å². The fourth-order valence-electron chi connectivity index (χ4n) is 4.08. The number of nitrogens with one attached hydrogen (secondary N) is 1. The van der Waals surface area contributed by atoms with Crippen molar-refractivity contribution in [1.29, 1.82) is 0 Å². The largest absolute Gasteiger partial charge is 0.348 e. The van der Waals surface area contributed by atoms with Crippen LogP contribution in [0.25, 0.3) is 21.8 Å². The van der Waals surface area contributed by atoms with Gasteiger partial charge in [-0.1, -0.05) is 30.3 Å². The maximum absolute atomic E-state index is 12.6. The molecule has 4 aromatic heterocycles. The van der Waals surface area contributed by atoms with Crippen molar-refractivity contribution >= 4 is 33.7 Å². The smallest absolute Gasteiger partial charge is 0.232 e. The Labute approximate surface area is 212 Å². The average Bonchev–Trinajstić information content (AvgIpc) is 3.59. The van der Waals surface area contributed by atoms with E-state index < -0.39 is 0 Å². The number of anilines is 1. The van der Waals surface area contributed by atoms with Gasteiger partial charge in [-0.25, -0.2) is 9.97 Å². The van der Waals surface area contributed by atoms with Gasteiger partial charge in [0.1, 0.15) is 5.01 Å². The lowest BCUT2D eigenvalue weighted by molar-refractivity contribution is -0.115. The predicted octanol–water partition coefficient (Wildman–Crippen LogP) is 6.17. The third kappa shape index (κ3) is 5.39. The molecule has 4 heterocycles. The van der Waals surface area contributed by atoms with Crippen LogP contribution in [-0.2, 0) is 24.2 Å². The van der Waals surface area contributed by atoms with Crippen molar-refractivity contribution < 1.29 is 4.79 Å². The lowest BCUT2D eigenvalue weighted by Gasteiger charge is -2.09. The molecule has 0 aliphatic rings. The second-order valence-electron chi connectivity index (χ2n) is 8.32. The van der Waals surface area contributed by atoms with E-state index in [1.807, 2.05) is 29.0 Å². The summed E-state index contributed by atoms with van der Waals surface area (Å²) in [6.07, 6.45) is 4.70. The first-order chi connectivity index (χ1) is 17.1. The molecule has 0 atom stereocenters. The zero-order chi connectivity index (χ0) is 24.2. The van der Waals surface area contributed by atoms with Gasteiger partial charge in [-0.15, -0.1) is 22.7 Å². The first-order valence-electron chi connectivity index (χ1n) is 11.4. The van der Waals surface area contributed by atoms with Crippen LogP contribution >= 0.6 is 22.7 Å². The zero-order valence-electron chi connectivity index (χ0n) is 19.6. The molecule has 1 N–H and O–H groups in total. The van der Waals surface area contributed by atoms with Gasteiger partial charge in [-0.05, 0) is 44.0 Å². The van der Waals surface area contributed by atoms with E-state index in [0.717, 1.165) is 40.5 Å². The molecule has 0 aliphatic heterocycles. The Kier molecular flexibility index (Phi) is 6.83. The minimum Gasteiger partial charge on any atom is -0.348 e. The third-order valence-corrected chi connectivity index (χ3v) is 7.57. The van der Waals surface area contributed by atoms with E-state index in [1.54, 1.807) is 12.4 Å². The van der Waals surface area contributed by atoms with Crippen LogP contribution < -0.4 is 5.32 Å². The Balaban J connectivity index is 1.23. The minimum atomic E-state index is -0.123. The summed E-state index contributed by atoms with van der Waals surface area (Å²) in [5, 5.41) is 8.31. The lowest BCUT2D eigenvalue weighted by atomic mass is 10.1. The Morgan fingerprint density at radius 1 is 1.03 bits per heavy atom. The molecule has 6 nitrogen and oxygen atoms in total. The van der Waals surface area contributed by atoms with Crippen LogP contribution in [0.1, 0.15) is 22.6 Å². The van der Waals surface area contributed by atoms with Crippen molar-refractivity contribution in [2.45, 2.75) is 33.2 Å². The highest BCUT2D eigenvalue weighted by Crippen LogP contribution is 2.30. The molecule has 0 saturated carbocycles. The Hall–Kier alpha value is -3.62. The fraction of sp³-hybridized carbons (Fsp3) is 0.185. The monoisotopic (exact) mass is 499 g/mol. The van der Waals surface area contributed by atoms with Gasteiger partial charge in [0, 0.05) is 52.2 Å². The van der Waals surface area contributed by atoms with E-state index in [1.165, 1.54) is 39.6 Å². The minimum absolute atomic E-state index is 0.123. The summed E-state index contributed by atoms with van der Waals surface area (Å²) in [5.74, 6) is -0.123. The standard InChI is InChI=1S/C27H25N5OS2/c1-18-13-23(19(2)32(18)12-10-20-7-4-3-5-8-20)24-17-35-27(30-24)31-25(33)14-22-16-34-26(29-22)21-9-6-11-28-15-21/h3-9,11,13,15-17H,10,12,14H2,1-2H3,(H,30,31,33). The van der Waals surface area contributed by atoms with Gasteiger partial charge in [-0.3, -0.25) is 9.78 Å². The number of aromatic nitrogens is 4. The summed E-state index contributed by atoms with van der Waals surface area (Å²) < 4.78 is 2.34. The first kappa shape index (κ1) is 23.1. The zero-order valence-corrected chi connectivity index (χ0v) is 21.2. The molecule has 8 heteroatoms. The van der Waals surface area contributed by atoms with Crippen LogP contribution in [0.3, 0.4) is 0 Å². The van der Waals surface area contributed by atoms with Crippen LogP contribution in [0.15, 0.2) is 71.7 Å². The first-order valence-corrected chi connectivity index (χ1v) is 13.1. The molecule has 0 radical (unpaired) electrons. The van der Waals surface area contributed by atoms with E-state index in [2.05, 4.69) is 64.0 Å². The highest BCUT2D eigenvalue weighted by molar-refractivity contribution is 7.14. The summed E-state index contributed by atoms with van der Waals surface area (Å²) >= 11 is 2.95. The number of benzene rings is 1. The summed E-state index contributed by atoms with van der Waals surface area (Å²) in [7, 11) is 0. The topological polar surface area (TPSA) is 72.7 Å². The van der Waals surface area contributed by atoms with E-state index >= 15 is 0 Å². The average molecular weight is 500 g/mol. The summed E-state index contributed by atoms with van der Waals surface area (Å²) in [4.78, 5) is 26.0. The van der Waals surface area contributed by atoms with E-state index in [4.69, 9.17) is 4.98 Å². The number of pyridine rings is 1. The number of carbonyl (C=O) groups excluding carboxylic acids is 1. The molecule has 1 aromatic carbocycles. The predicted molar refractivity (Wildman–Crippen MR) is 143 cm³/mol. The molecular weight excluding hydrogens is 474 g/mol. The highest BCUT2D eigenvalue weighted by Gasteiger charge is 2.16. The number of hydrogen-bond acceptors (Lipinski definition) is 6. The summed E-state index contributed by atoms with van der Waals surface area (Å²) in [5.41, 5.74) is 7.41. The molecule has 0 unspecified atom stereocenters. The van der Waals surface area contributed by atoms with E-state index in [-0.39, 0.29) is 12.3 Å². The van der Waals surface area contributed by atoms with Crippen molar-refractivity contribution in [3.05, 3.63) is 94.3 Å². The number of nitrogens with zero attached hydrogens (tertiary/aromatic N) is 4.